The first-order valence-electron chi connectivity index (χ1n) is 11.1. The quantitative estimate of drug-likeness (QED) is 0.767. The van der Waals surface area contributed by atoms with Crippen LogP contribution in [-0.4, -0.2) is 51.9 Å². The number of imidazole rings is 1. The number of carbonyl (C=O) groups is 1. The van der Waals surface area contributed by atoms with Crippen molar-refractivity contribution in [3.63, 3.8) is 0 Å². The molecule has 2 saturated heterocycles. The molecule has 1 aromatic carbocycles. The molecule has 158 valence electrons. The molecule has 1 aromatic heterocycles. The zero-order valence-electron chi connectivity index (χ0n) is 17.3. The molecule has 5 rings (SSSR count). The van der Waals surface area contributed by atoms with Crippen molar-refractivity contribution in [3.8, 4) is 6.07 Å². The van der Waals surface area contributed by atoms with Crippen LogP contribution in [0.25, 0.3) is 11.0 Å². The SMILES string of the molecule is N#Cc1ccc2ncn(C[C@H]3CCC[C@]4(C3)CN(CC3CCCCO3)C(=O)O4)c2c1. The predicted molar refractivity (Wildman–Crippen MR) is 111 cm³/mol. The van der Waals surface area contributed by atoms with E-state index in [4.69, 9.17) is 9.47 Å². The second kappa shape index (κ2) is 7.92. The summed E-state index contributed by atoms with van der Waals surface area (Å²) in [5.41, 5.74) is 2.18. The molecule has 3 heterocycles. The highest BCUT2D eigenvalue weighted by Gasteiger charge is 2.48. The summed E-state index contributed by atoms with van der Waals surface area (Å²) in [5.74, 6) is 0.417. The van der Waals surface area contributed by atoms with Crippen molar-refractivity contribution in [2.45, 2.75) is 63.2 Å². The molecule has 3 fully saturated rings. The van der Waals surface area contributed by atoms with E-state index in [0.717, 1.165) is 62.7 Å². The number of fused-ring (bicyclic) bond motifs is 1. The Morgan fingerprint density at radius 3 is 3.00 bits per heavy atom. The van der Waals surface area contributed by atoms with Gasteiger partial charge in [0.1, 0.15) is 5.60 Å². The van der Waals surface area contributed by atoms with Gasteiger partial charge in [0.2, 0.25) is 0 Å². The van der Waals surface area contributed by atoms with Crippen LogP contribution in [-0.2, 0) is 16.0 Å². The molecule has 7 nitrogen and oxygen atoms in total. The van der Waals surface area contributed by atoms with E-state index < -0.39 is 0 Å². The van der Waals surface area contributed by atoms with Crippen LogP contribution in [0.1, 0.15) is 50.5 Å². The number of ether oxygens (including phenoxy) is 2. The maximum Gasteiger partial charge on any atom is 0.410 e. The van der Waals surface area contributed by atoms with Gasteiger partial charge in [0.05, 0.1) is 48.2 Å². The van der Waals surface area contributed by atoms with Crippen LogP contribution in [0.3, 0.4) is 0 Å². The zero-order chi connectivity index (χ0) is 20.6. The fourth-order valence-corrected chi connectivity index (χ4v) is 5.42. The predicted octanol–water partition coefficient (Wildman–Crippen LogP) is 3.86. The molecule has 0 radical (unpaired) electrons. The number of hydrogen-bond acceptors (Lipinski definition) is 5. The average Bonchev–Trinajstić information content (AvgIpc) is 3.29. The van der Waals surface area contributed by atoms with Crippen molar-refractivity contribution < 1.29 is 14.3 Å². The van der Waals surface area contributed by atoms with Crippen molar-refractivity contribution in [3.05, 3.63) is 30.1 Å². The van der Waals surface area contributed by atoms with Crippen molar-refractivity contribution in [2.24, 2.45) is 5.92 Å². The lowest BCUT2D eigenvalue weighted by atomic mass is 9.78. The molecule has 2 aliphatic heterocycles. The molecule has 1 aliphatic carbocycles. The van der Waals surface area contributed by atoms with Gasteiger partial charge in [-0.15, -0.1) is 0 Å². The first-order valence-corrected chi connectivity index (χ1v) is 11.1. The summed E-state index contributed by atoms with van der Waals surface area (Å²) in [6.45, 7) is 2.95. The Kier molecular flexibility index (Phi) is 5.11. The van der Waals surface area contributed by atoms with Gasteiger partial charge in [-0.05, 0) is 69.1 Å². The van der Waals surface area contributed by atoms with Crippen LogP contribution in [0.5, 0.6) is 0 Å². The fourth-order valence-electron chi connectivity index (χ4n) is 5.42. The van der Waals surface area contributed by atoms with E-state index in [1.165, 1.54) is 6.42 Å². The number of aromatic nitrogens is 2. The Labute approximate surface area is 176 Å². The number of carbonyl (C=O) groups excluding carboxylic acids is 1. The van der Waals surface area contributed by atoms with Crippen LogP contribution >= 0.6 is 0 Å². The Morgan fingerprint density at radius 1 is 1.23 bits per heavy atom. The van der Waals surface area contributed by atoms with Gasteiger partial charge in [0.25, 0.3) is 0 Å². The molecule has 1 saturated carbocycles. The summed E-state index contributed by atoms with van der Waals surface area (Å²) in [5, 5.41) is 9.21. The first-order chi connectivity index (χ1) is 14.6. The van der Waals surface area contributed by atoms with E-state index in [9.17, 15) is 10.1 Å². The molecule has 1 unspecified atom stereocenters. The van der Waals surface area contributed by atoms with Gasteiger partial charge in [0.15, 0.2) is 0 Å². The van der Waals surface area contributed by atoms with Gasteiger partial charge in [-0.3, -0.25) is 0 Å². The highest BCUT2D eigenvalue weighted by molar-refractivity contribution is 5.77. The monoisotopic (exact) mass is 408 g/mol. The van der Waals surface area contributed by atoms with Gasteiger partial charge in [-0.2, -0.15) is 5.26 Å². The summed E-state index contributed by atoms with van der Waals surface area (Å²) in [6, 6.07) is 7.82. The summed E-state index contributed by atoms with van der Waals surface area (Å²) in [4.78, 5) is 18.9. The van der Waals surface area contributed by atoms with Crippen molar-refractivity contribution in [1.82, 2.24) is 14.5 Å². The van der Waals surface area contributed by atoms with E-state index in [0.29, 0.717) is 24.6 Å². The van der Waals surface area contributed by atoms with Gasteiger partial charge in [-0.25, -0.2) is 9.78 Å². The smallest absolute Gasteiger partial charge is 0.410 e. The van der Waals surface area contributed by atoms with Gasteiger partial charge in [-0.1, -0.05) is 0 Å². The minimum Gasteiger partial charge on any atom is -0.441 e. The fraction of sp³-hybridized carbons (Fsp3) is 0.609. The third-order valence-electron chi connectivity index (χ3n) is 6.85. The van der Waals surface area contributed by atoms with Gasteiger partial charge >= 0.3 is 6.09 Å². The van der Waals surface area contributed by atoms with Crippen LogP contribution < -0.4 is 0 Å². The number of hydrogen-bond donors (Lipinski definition) is 0. The summed E-state index contributed by atoms with van der Waals surface area (Å²) in [7, 11) is 0. The molecular weight excluding hydrogens is 380 g/mol. The van der Waals surface area contributed by atoms with Crippen molar-refractivity contribution in [1.29, 1.82) is 5.26 Å². The van der Waals surface area contributed by atoms with Crippen LogP contribution in [0.15, 0.2) is 24.5 Å². The lowest BCUT2D eigenvalue weighted by molar-refractivity contribution is -0.000135. The standard InChI is InChI=1S/C23H28N4O3/c24-12-17-6-7-20-21(10-17)27(16-25-20)13-18-4-3-8-23(11-18)15-26(22(28)30-23)14-19-5-1-2-9-29-19/h6-7,10,16,18-19H,1-5,8-9,11,13-15H2/t18-,19?,23-/m0/s1. The first kappa shape index (κ1) is 19.4. The summed E-state index contributed by atoms with van der Waals surface area (Å²) >= 11 is 0. The molecule has 3 atom stereocenters. The molecule has 0 N–H and O–H groups in total. The van der Waals surface area contributed by atoms with E-state index in [1.54, 1.807) is 6.07 Å². The molecular formula is C23H28N4O3. The highest BCUT2D eigenvalue weighted by Crippen LogP contribution is 2.41. The van der Waals surface area contributed by atoms with Crippen LogP contribution in [0, 0.1) is 17.2 Å². The van der Waals surface area contributed by atoms with Crippen LogP contribution in [0.4, 0.5) is 4.79 Å². The third-order valence-corrected chi connectivity index (χ3v) is 6.85. The molecule has 1 spiro atoms. The molecule has 1 amide bonds. The lowest BCUT2D eigenvalue weighted by Crippen LogP contribution is -2.42. The second-order valence-corrected chi connectivity index (χ2v) is 9.09. The normalized spacial score (nSPS) is 29.3. The molecule has 2 aromatic rings. The maximum absolute atomic E-state index is 12.6. The molecule has 0 bridgehead atoms. The van der Waals surface area contributed by atoms with E-state index in [1.807, 2.05) is 23.4 Å². The highest BCUT2D eigenvalue weighted by atomic mass is 16.6. The number of nitriles is 1. The lowest BCUT2D eigenvalue weighted by Gasteiger charge is -2.36. The van der Waals surface area contributed by atoms with E-state index in [2.05, 4.69) is 15.6 Å². The van der Waals surface area contributed by atoms with Crippen LogP contribution in [0.2, 0.25) is 0 Å². The number of nitrogens with zero attached hydrogens (tertiary/aromatic N) is 4. The van der Waals surface area contributed by atoms with E-state index in [-0.39, 0.29) is 17.8 Å². The largest absolute Gasteiger partial charge is 0.441 e. The van der Waals surface area contributed by atoms with Crippen molar-refractivity contribution >= 4 is 17.1 Å². The van der Waals surface area contributed by atoms with Gasteiger partial charge < -0.3 is 18.9 Å². The van der Waals surface area contributed by atoms with Gasteiger partial charge in [0, 0.05) is 13.2 Å². The third kappa shape index (κ3) is 3.77. The Hall–Kier alpha value is -2.59. The summed E-state index contributed by atoms with van der Waals surface area (Å²) in [6.07, 6.45) is 9.11. The number of rotatable bonds is 4. The topological polar surface area (TPSA) is 80.4 Å². The Bertz CT molecular complexity index is 974. The molecule has 7 heteroatoms. The molecule has 3 aliphatic rings. The van der Waals surface area contributed by atoms with E-state index >= 15 is 0 Å². The molecule has 30 heavy (non-hydrogen) atoms. The Morgan fingerprint density at radius 2 is 2.17 bits per heavy atom. The number of benzene rings is 1. The zero-order valence-corrected chi connectivity index (χ0v) is 17.3. The minimum atomic E-state index is -0.372. The van der Waals surface area contributed by atoms with Crippen molar-refractivity contribution in [2.75, 3.05) is 19.7 Å². The summed E-state index contributed by atoms with van der Waals surface area (Å²) < 4.78 is 14.0. The number of amides is 1. The second-order valence-electron chi connectivity index (χ2n) is 9.09. The maximum atomic E-state index is 12.6. The Balaban J connectivity index is 1.27. The minimum absolute atomic E-state index is 0.146. The average molecular weight is 409 g/mol.